The van der Waals surface area contributed by atoms with Gasteiger partial charge < -0.3 is 15.4 Å². The third kappa shape index (κ3) is 4.65. The van der Waals surface area contributed by atoms with E-state index >= 15 is 0 Å². The van der Waals surface area contributed by atoms with E-state index in [1.165, 1.54) is 0 Å². The van der Waals surface area contributed by atoms with Gasteiger partial charge in [-0.2, -0.15) is 0 Å². The van der Waals surface area contributed by atoms with Gasteiger partial charge in [0.05, 0.1) is 7.11 Å². The first-order valence-electron chi connectivity index (χ1n) is 9.21. The number of hydrogen-bond donors (Lipinski definition) is 2. The van der Waals surface area contributed by atoms with Gasteiger partial charge >= 0.3 is 0 Å². The molecule has 28 heavy (non-hydrogen) atoms. The number of amides is 1. The Morgan fingerprint density at radius 2 is 1.75 bits per heavy atom. The number of rotatable bonds is 7. The van der Waals surface area contributed by atoms with Gasteiger partial charge in [-0.3, -0.25) is 4.79 Å². The molecule has 6 heteroatoms. The van der Waals surface area contributed by atoms with Crippen LogP contribution in [0.25, 0.3) is 0 Å². The summed E-state index contributed by atoms with van der Waals surface area (Å²) in [4.78, 5) is 21.4. The number of methoxy groups -OCH3 is 1. The van der Waals surface area contributed by atoms with E-state index in [0.717, 1.165) is 29.0 Å². The Bertz CT molecular complexity index is 972. The van der Waals surface area contributed by atoms with Gasteiger partial charge in [0, 0.05) is 23.5 Å². The van der Waals surface area contributed by atoms with Crippen LogP contribution in [0, 0.1) is 6.92 Å². The van der Waals surface area contributed by atoms with Crippen LogP contribution in [-0.4, -0.2) is 23.0 Å². The highest BCUT2D eigenvalue weighted by Gasteiger charge is 2.12. The molecule has 144 valence electrons. The summed E-state index contributed by atoms with van der Waals surface area (Å²) >= 11 is 0. The van der Waals surface area contributed by atoms with E-state index in [1.54, 1.807) is 13.2 Å². The molecule has 0 saturated heterocycles. The zero-order valence-corrected chi connectivity index (χ0v) is 16.3. The molecule has 1 amide bonds. The first kappa shape index (κ1) is 19.4. The number of aromatic nitrogens is 2. The maximum atomic E-state index is 12.6. The van der Waals surface area contributed by atoms with Crippen molar-refractivity contribution >= 4 is 17.5 Å². The van der Waals surface area contributed by atoms with Crippen molar-refractivity contribution in [1.82, 2.24) is 15.3 Å². The van der Waals surface area contributed by atoms with Gasteiger partial charge in [-0.1, -0.05) is 43.3 Å². The van der Waals surface area contributed by atoms with Crippen molar-refractivity contribution in [3.63, 3.8) is 0 Å². The minimum Gasteiger partial charge on any atom is -0.496 e. The molecule has 0 atom stereocenters. The molecule has 0 aliphatic carbocycles. The molecule has 2 N–H and O–H groups in total. The fraction of sp³-hybridized carbons (Fsp3) is 0.227. The maximum absolute atomic E-state index is 12.6. The van der Waals surface area contributed by atoms with Crippen molar-refractivity contribution in [3.05, 3.63) is 77.1 Å². The monoisotopic (exact) mass is 376 g/mol. The summed E-state index contributed by atoms with van der Waals surface area (Å²) in [6.45, 7) is 4.29. The lowest BCUT2D eigenvalue weighted by molar-refractivity contribution is 0.0945. The zero-order valence-electron chi connectivity index (χ0n) is 16.3. The molecule has 1 aromatic heterocycles. The highest BCUT2D eigenvalue weighted by molar-refractivity contribution is 5.92. The smallest absolute Gasteiger partial charge is 0.270 e. The van der Waals surface area contributed by atoms with Crippen LogP contribution < -0.4 is 15.4 Å². The summed E-state index contributed by atoms with van der Waals surface area (Å²) in [6, 6.07) is 17.2. The average molecular weight is 376 g/mol. The Morgan fingerprint density at radius 3 is 2.50 bits per heavy atom. The van der Waals surface area contributed by atoms with E-state index < -0.39 is 0 Å². The SMILES string of the molecule is CCc1ccccc1Nc1nc(C)cc(C(=O)NCc2ccccc2OC)n1. The highest BCUT2D eigenvalue weighted by Crippen LogP contribution is 2.20. The van der Waals surface area contributed by atoms with Crippen LogP contribution in [0.1, 0.15) is 34.2 Å². The van der Waals surface area contributed by atoms with Gasteiger partial charge in [-0.05, 0) is 37.1 Å². The number of ether oxygens (including phenoxy) is 1. The average Bonchev–Trinajstić information content (AvgIpc) is 2.72. The summed E-state index contributed by atoms with van der Waals surface area (Å²) in [5.41, 5.74) is 4.04. The third-order valence-corrected chi connectivity index (χ3v) is 4.36. The van der Waals surface area contributed by atoms with Crippen molar-refractivity contribution < 1.29 is 9.53 Å². The minimum atomic E-state index is -0.261. The minimum absolute atomic E-state index is 0.261. The van der Waals surface area contributed by atoms with Gasteiger partial charge in [0.15, 0.2) is 0 Å². The van der Waals surface area contributed by atoms with Crippen LogP contribution in [0.3, 0.4) is 0 Å². The first-order valence-corrected chi connectivity index (χ1v) is 9.21. The van der Waals surface area contributed by atoms with Crippen LogP contribution in [0.5, 0.6) is 5.75 Å². The number of anilines is 2. The van der Waals surface area contributed by atoms with E-state index in [1.807, 2.05) is 49.4 Å². The standard InChI is InChI=1S/C22H24N4O2/c1-4-16-9-5-7-11-18(16)25-22-24-15(2)13-19(26-22)21(27)23-14-17-10-6-8-12-20(17)28-3/h5-13H,4,14H2,1-3H3,(H,23,27)(H,24,25,26). The maximum Gasteiger partial charge on any atom is 0.270 e. The summed E-state index contributed by atoms with van der Waals surface area (Å²) in [5, 5.41) is 6.12. The molecule has 6 nitrogen and oxygen atoms in total. The van der Waals surface area contributed by atoms with E-state index in [9.17, 15) is 4.79 Å². The molecule has 0 fully saturated rings. The topological polar surface area (TPSA) is 76.1 Å². The highest BCUT2D eigenvalue weighted by atomic mass is 16.5. The number of carbonyl (C=O) groups is 1. The largest absolute Gasteiger partial charge is 0.496 e. The number of para-hydroxylation sites is 2. The van der Waals surface area contributed by atoms with E-state index in [4.69, 9.17) is 4.74 Å². The fourth-order valence-corrected chi connectivity index (χ4v) is 2.93. The molecule has 0 unspecified atom stereocenters. The molecule has 0 spiro atoms. The zero-order chi connectivity index (χ0) is 19.9. The lowest BCUT2D eigenvalue weighted by Gasteiger charge is -2.12. The Kier molecular flexibility index (Phi) is 6.22. The Balaban J connectivity index is 1.76. The van der Waals surface area contributed by atoms with Crippen LogP contribution in [0.15, 0.2) is 54.6 Å². The van der Waals surface area contributed by atoms with Crippen LogP contribution >= 0.6 is 0 Å². The second-order valence-electron chi connectivity index (χ2n) is 6.35. The van der Waals surface area contributed by atoms with Crippen molar-refractivity contribution in [2.45, 2.75) is 26.8 Å². The number of hydrogen-bond acceptors (Lipinski definition) is 5. The van der Waals surface area contributed by atoms with Crippen LogP contribution in [-0.2, 0) is 13.0 Å². The van der Waals surface area contributed by atoms with Crippen molar-refractivity contribution in [2.75, 3.05) is 12.4 Å². The Labute approximate surface area is 165 Å². The van der Waals surface area contributed by atoms with E-state index in [2.05, 4.69) is 33.6 Å². The predicted molar refractivity (Wildman–Crippen MR) is 110 cm³/mol. The van der Waals surface area contributed by atoms with Gasteiger partial charge in [-0.25, -0.2) is 9.97 Å². The van der Waals surface area contributed by atoms with E-state index in [-0.39, 0.29) is 5.91 Å². The molecule has 3 aromatic rings. The van der Waals surface area contributed by atoms with Crippen molar-refractivity contribution in [2.24, 2.45) is 0 Å². The molecule has 0 aliphatic rings. The molecule has 3 rings (SSSR count). The number of benzene rings is 2. The normalized spacial score (nSPS) is 10.4. The molecule has 2 aromatic carbocycles. The van der Waals surface area contributed by atoms with Crippen LogP contribution in [0.4, 0.5) is 11.6 Å². The van der Waals surface area contributed by atoms with Gasteiger partial charge in [0.1, 0.15) is 11.4 Å². The lowest BCUT2D eigenvalue weighted by Crippen LogP contribution is -2.24. The Morgan fingerprint density at radius 1 is 1.04 bits per heavy atom. The lowest BCUT2D eigenvalue weighted by atomic mass is 10.1. The van der Waals surface area contributed by atoms with E-state index in [0.29, 0.717) is 23.9 Å². The summed E-state index contributed by atoms with van der Waals surface area (Å²) in [6.07, 6.45) is 0.890. The summed E-state index contributed by atoms with van der Waals surface area (Å²) in [7, 11) is 1.61. The number of nitrogens with zero attached hydrogens (tertiary/aromatic N) is 2. The number of carbonyl (C=O) groups excluding carboxylic acids is 1. The molecule has 1 heterocycles. The fourth-order valence-electron chi connectivity index (χ4n) is 2.93. The summed E-state index contributed by atoms with van der Waals surface area (Å²) < 4.78 is 5.32. The summed E-state index contributed by atoms with van der Waals surface area (Å²) in [5.74, 6) is 0.881. The predicted octanol–water partition coefficient (Wildman–Crippen LogP) is 4.03. The van der Waals surface area contributed by atoms with Gasteiger partial charge in [0.25, 0.3) is 5.91 Å². The third-order valence-electron chi connectivity index (χ3n) is 4.36. The molecule has 0 radical (unpaired) electrons. The second-order valence-corrected chi connectivity index (χ2v) is 6.35. The quantitative estimate of drug-likeness (QED) is 0.651. The molecular formula is C22H24N4O2. The second kappa shape index (κ2) is 8.99. The van der Waals surface area contributed by atoms with Crippen molar-refractivity contribution in [3.8, 4) is 5.75 Å². The van der Waals surface area contributed by atoms with Gasteiger partial charge in [0.2, 0.25) is 5.95 Å². The number of nitrogens with one attached hydrogen (secondary N) is 2. The molecule has 0 aliphatic heterocycles. The molecule has 0 saturated carbocycles. The van der Waals surface area contributed by atoms with Crippen molar-refractivity contribution in [1.29, 1.82) is 0 Å². The number of aryl methyl sites for hydroxylation is 2. The van der Waals surface area contributed by atoms with Crippen LogP contribution in [0.2, 0.25) is 0 Å². The Hall–Kier alpha value is -3.41. The van der Waals surface area contributed by atoms with Gasteiger partial charge in [-0.15, -0.1) is 0 Å². The molecular weight excluding hydrogens is 352 g/mol. The first-order chi connectivity index (χ1) is 13.6. The molecule has 0 bridgehead atoms.